The fourth-order valence-corrected chi connectivity index (χ4v) is 2.01. The van der Waals surface area contributed by atoms with Crippen molar-refractivity contribution in [1.29, 1.82) is 0 Å². The van der Waals surface area contributed by atoms with E-state index in [-0.39, 0.29) is 0 Å². The first-order valence-electron chi connectivity index (χ1n) is 4.92. The van der Waals surface area contributed by atoms with Gasteiger partial charge in [-0.3, -0.25) is 0 Å². The average Bonchev–Trinajstić information content (AvgIpc) is 2.30. The Bertz CT molecular complexity index is 417. The van der Waals surface area contributed by atoms with Crippen molar-refractivity contribution in [3.63, 3.8) is 0 Å². The van der Waals surface area contributed by atoms with Gasteiger partial charge in [0.25, 0.3) is 0 Å². The first-order chi connectivity index (χ1) is 7.66. The molecule has 0 saturated heterocycles. The summed E-state index contributed by atoms with van der Waals surface area (Å²) in [6.07, 6.45) is 0. The Morgan fingerprint density at radius 1 is 0.688 bits per heavy atom. The lowest BCUT2D eigenvalue weighted by Crippen LogP contribution is -2.08. The van der Waals surface area contributed by atoms with Gasteiger partial charge in [0.2, 0.25) is 0 Å². The molecule has 1 nitrogen and oxygen atoms in total. The second-order valence-electron chi connectivity index (χ2n) is 3.51. The van der Waals surface area contributed by atoms with E-state index in [1.165, 1.54) is 11.4 Å². The third kappa shape index (κ3) is 2.66. The highest BCUT2D eigenvalue weighted by atomic mass is 79.9. The second kappa shape index (κ2) is 5.02. The molecule has 2 aromatic rings. The predicted octanol–water partition coefficient (Wildman–Crippen LogP) is 4.98. The summed E-state index contributed by atoms with van der Waals surface area (Å²) in [5.74, 6) is 0. The lowest BCUT2D eigenvalue weighted by atomic mass is 10.2. The SMILES string of the molecule is CN(c1ccc(Br)cc1)c1ccc(Br)cc1. The molecule has 0 amide bonds. The van der Waals surface area contributed by atoms with Crippen LogP contribution in [0.1, 0.15) is 0 Å². The van der Waals surface area contributed by atoms with E-state index >= 15 is 0 Å². The van der Waals surface area contributed by atoms with Gasteiger partial charge in [-0.05, 0) is 48.5 Å². The Morgan fingerprint density at radius 3 is 1.31 bits per heavy atom. The predicted molar refractivity (Wildman–Crippen MR) is 76.3 cm³/mol. The lowest BCUT2D eigenvalue weighted by Gasteiger charge is -2.19. The maximum absolute atomic E-state index is 3.44. The molecule has 0 radical (unpaired) electrons. The molecule has 2 aromatic carbocycles. The molecule has 0 spiro atoms. The molecule has 3 heteroatoms. The molecular weight excluding hydrogens is 330 g/mol. The van der Waals surface area contributed by atoms with Crippen LogP contribution in [0, 0.1) is 0 Å². The molecule has 0 saturated carbocycles. The summed E-state index contributed by atoms with van der Waals surface area (Å²) in [4.78, 5) is 2.15. The number of rotatable bonds is 2. The van der Waals surface area contributed by atoms with Crippen LogP contribution in [0.25, 0.3) is 0 Å². The number of hydrogen-bond acceptors (Lipinski definition) is 1. The molecule has 0 unspecified atom stereocenters. The number of halogens is 2. The van der Waals surface area contributed by atoms with Crippen LogP contribution in [0.2, 0.25) is 0 Å². The van der Waals surface area contributed by atoms with Gasteiger partial charge < -0.3 is 4.90 Å². The molecule has 0 aliphatic rings. The lowest BCUT2D eigenvalue weighted by molar-refractivity contribution is 1.21. The van der Waals surface area contributed by atoms with Gasteiger partial charge in [-0.2, -0.15) is 0 Å². The van der Waals surface area contributed by atoms with Crippen LogP contribution in [0.15, 0.2) is 57.5 Å². The molecule has 0 bridgehead atoms. The van der Waals surface area contributed by atoms with E-state index in [9.17, 15) is 0 Å². The Kier molecular flexibility index (Phi) is 3.66. The van der Waals surface area contributed by atoms with Crippen molar-refractivity contribution in [2.45, 2.75) is 0 Å². The first-order valence-corrected chi connectivity index (χ1v) is 6.50. The summed E-state index contributed by atoms with van der Waals surface area (Å²) >= 11 is 6.87. The van der Waals surface area contributed by atoms with Gasteiger partial charge in [-0.25, -0.2) is 0 Å². The Hall–Kier alpha value is -0.800. The summed E-state index contributed by atoms with van der Waals surface area (Å²) in [6, 6.07) is 16.5. The molecule has 0 atom stereocenters. The third-order valence-electron chi connectivity index (χ3n) is 2.43. The van der Waals surface area contributed by atoms with Gasteiger partial charge in [-0.1, -0.05) is 31.9 Å². The monoisotopic (exact) mass is 339 g/mol. The highest BCUT2D eigenvalue weighted by Crippen LogP contribution is 2.26. The molecule has 0 aliphatic heterocycles. The molecule has 16 heavy (non-hydrogen) atoms. The zero-order valence-electron chi connectivity index (χ0n) is 8.82. The van der Waals surface area contributed by atoms with Crippen molar-refractivity contribution in [1.82, 2.24) is 0 Å². The standard InChI is InChI=1S/C13H11Br2N/c1-16(12-6-2-10(14)3-7-12)13-8-4-11(15)5-9-13/h2-9H,1H3. The van der Waals surface area contributed by atoms with E-state index in [0.29, 0.717) is 0 Å². The molecule has 0 N–H and O–H groups in total. The van der Waals surface area contributed by atoms with Gasteiger partial charge in [-0.15, -0.1) is 0 Å². The molecule has 0 fully saturated rings. The topological polar surface area (TPSA) is 3.24 Å². The highest BCUT2D eigenvalue weighted by molar-refractivity contribution is 9.10. The maximum atomic E-state index is 3.44. The zero-order valence-corrected chi connectivity index (χ0v) is 12.0. The number of anilines is 2. The molecule has 82 valence electrons. The highest BCUT2D eigenvalue weighted by Gasteiger charge is 2.02. The Morgan fingerprint density at radius 2 is 1.00 bits per heavy atom. The minimum atomic E-state index is 1.10. The molecule has 0 heterocycles. The fraction of sp³-hybridized carbons (Fsp3) is 0.0769. The Labute approximate surface area is 112 Å². The zero-order chi connectivity index (χ0) is 11.5. The van der Waals surface area contributed by atoms with Crippen LogP contribution in [0.3, 0.4) is 0 Å². The minimum Gasteiger partial charge on any atom is -0.345 e. The van der Waals surface area contributed by atoms with E-state index < -0.39 is 0 Å². The van der Waals surface area contributed by atoms with Gasteiger partial charge >= 0.3 is 0 Å². The largest absolute Gasteiger partial charge is 0.345 e. The van der Waals surface area contributed by atoms with E-state index in [4.69, 9.17) is 0 Å². The van der Waals surface area contributed by atoms with E-state index in [0.717, 1.165) is 8.95 Å². The second-order valence-corrected chi connectivity index (χ2v) is 5.34. The van der Waals surface area contributed by atoms with Gasteiger partial charge in [0.15, 0.2) is 0 Å². The summed E-state index contributed by atoms with van der Waals surface area (Å²) < 4.78 is 2.20. The van der Waals surface area contributed by atoms with Crippen molar-refractivity contribution in [2.24, 2.45) is 0 Å². The van der Waals surface area contributed by atoms with Crippen LogP contribution in [0.5, 0.6) is 0 Å². The van der Waals surface area contributed by atoms with Crippen LogP contribution in [-0.4, -0.2) is 7.05 Å². The smallest absolute Gasteiger partial charge is 0.0408 e. The molecule has 0 aromatic heterocycles. The van der Waals surface area contributed by atoms with Gasteiger partial charge in [0, 0.05) is 27.4 Å². The van der Waals surface area contributed by atoms with E-state index in [2.05, 4.69) is 68.1 Å². The summed E-state index contributed by atoms with van der Waals surface area (Å²) in [5, 5.41) is 0. The number of benzene rings is 2. The van der Waals surface area contributed by atoms with Crippen LogP contribution < -0.4 is 4.90 Å². The molecule has 2 rings (SSSR count). The summed E-state index contributed by atoms with van der Waals surface area (Å²) in [6.45, 7) is 0. The minimum absolute atomic E-state index is 1.10. The van der Waals surface area contributed by atoms with Gasteiger partial charge in [0.1, 0.15) is 0 Å². The molecular formula is C13H11Br2N. The average molecular weight is 341 g/mol. The summed E-state index contributed by atoms with van der Waals surface area (Å²) in [5.41, 5.74) is 2.34. The normalized spacial score (nSPS) is 10.2. The Balaban J connectivity index is 2.28. The maximum Gasteiger partial charge on any atom is 0.0408 e. The fourth-order valence-electron chi connectivity index (χ4n) is 1.48. The quantitative estimate of drug-likeness (QED) is 0.745. The van der Waals surface area contributed by atoms with Crippen LogP contribution in [-0.2, 0) is 0 Å². The summed E-state index contributed by atoms with van der Waals surface area (Å²) in [7, 11) is 2.06. The van der Waals surface area contributed by atoms with Crippen molar-refractivity contribution in [2.75, 3.05) is 11.9 Å². The first kappa shape index (κ1) is 11.7. The van der Waals surface area contributed by atoms with E-state index in [1.807, 2.05) is 24.3 Å². The molecule has 0 aliphatic carbocycles. The number of hydrogen-bond donors (Lipinski definition) is 0. The number of nitrogens with zero attached hydrogens (tertiary/aromatic N) is 1. The van der Waals surface area contributed by atoms with Crippen molar-refractivity contribution in [3.05, 3.63) is 57.5 Å². The van der Waals surface area contributed by atoms with E-state index in [1.54, 1.807) is 0 Å². The third-order valence-corrected chi connectivity index (χ3v) is 3.49. The van der Waals surface area contributed by atoms with Crippen molar-refractivity contribution >= 4 is 43.2 Å². The van der Waals surface area contributed by atoms with Crippen LogP contribution in [0.4, 0.5) is 11.4 Å². The van der Waals surface area contributed by atoms with Gasteiger partial charge in [0.05, 0.1) is 0 Å². The van der Waals surface area contributed by atoms with Crippen molar-refractivity contribution in [3.8, 4) is 0 Å². The van der Waals surface area contributed by atoms with Crippen molar-refractivity contribution < 1.29 is 0 Å². The van der Waals surface area contributed by atoms with Crippen LogP contribution >= 0.6 is 31.9 Å².